The van der Waals surface area contributed by atoms with Crippen molar-refractivity contribution in [3.8, 4) is 5.75 Å². The molecule has 1 atom stereocenters. The second-order valence-electron chi connectivity index (χ2n) is 4.83. The Morgan fingerprint density at radius 1 is 1.15 bits per heavy atom. The maximum absolute atomic E-state index is 6.28. The Morgan fingerprint density at radius 3 is 2.55 bits per heavy atom. The fourth-order valence-electron chi connectivity index (χ4n) is 2.06. The Morgan fingerprint density at radius 2 is 1.90 bits per heavy atom. The molecule has 2 nitrogen and oxygen atoms in total. The first kappa shape index (κ1) is 15.1. The molecule has 2 aromatic rings. The third-order valence-corrected chi connectivity index (χ3v) is 3.76. The highest BCUT2D eigenvalue weighted by Crippen LogP contribution is 2.29. The summed E-state index contributed by atoms with van der Waals surface area (Å²) in [6, 6.07) is 16.4. The highest BCUT2D eigenvalue weighted by atomic mass is 79.9. The van der Waals surface area contributed by atoms with Crippen LogP contribution in [0.15, 0.2) is 53.0 Å². The van der Waals surface area contributed by atoms with Gasteiger partial charge in [0.25, 0.3) is 0 Å². The van der Waals surface area contributed by atoms with Gasteiger partial charge in [0.2, 0.25) is 0 Å². The molecule has 0 aliphatic carbocycles. The second kappa shape index (κ2) is 7.46. The largest absolute Gasteiger partial charge is 0.492 e. The number of ether oxygens (including phenoxy) is 1. The van der Waals surface area contributed by atoms with E-state index in [9.17, 15) is 0 Å². The molecular formula is C17H20BrNO. The van der Waals surface area contributed by atoms with Crippen LogP contribution in [0.5, 0.6) is 5.75 Å². The summed E-state index contributed by atoms with van der Waals surface area (Å²) in [6.45, 7) is 2.83. The predicted octanol–water partition coefficient (Wildman–Crippen LogP) is 4.48. The topological polar surface area (TPSA) is 35.2 Å². The Bertz CT molecular complexity index is 542. The molecule has 0 aromatic heterocycles. The molecule has 0 saturated heterocycles. The smallest absolute Gasteiger partial charge is 0.133 e. The number of rotatable bonds is 6. The van der Waals surface area contributed by atoms with Gasteiger partial charge in [0, 0.05) is 6.04 Å². The summed E-state index contributed by atoms with van der Waals surface area (Å²) in [5.41, 5.74) is 8.65. The Balaban J connectivity index is 2.07. The van der Waals surface area contributed by atoms with Gasteiger partial charge in [0.1, 0.15) is 5.75 Å². The van der Waals surface area contributed by atoms with Gasteiger partial charge in [-0.15, -0.1) is 0 Å². The van der Waals surface area contributed by atoms with Gasteiger partial charge in [0.15, 0.2) is 0 Å². The van der Waals surface area contributed by atoms with E-state index >= 15 is 0 Å². The first-order valence-electron chi connectivity index (χ1n) is 6.92. The van der Waals surface area contributed by atoms with Crippen LogP contribution < -0.4 is 10.5 Å². The lowest BCUT2D eigenvalue weighted by atomic mass is 10.00. The fourth-order valence-corrected chi connectivity index (χ4v) is 2.57. The molecule has 1 unspecified atom stereocenters. The number of benzene rings is 2. The standard InChI is InChI=1S/C17H20BrNO/c1-2-10-20-17-9-8-14(12-15(17)18)16(19)11-13-6-4-3-5-7-13/h3-9,12,16H,2,10-11,19H2,1H3. The number of halogens is 1. The van der Waals surface area contributed by atoms with Crippen molar-refractivity contribution in [3.05, 3.63) is 64.1 Å². The van der Waals surface area contributed by atoms with E-state index < -0.39 is 0 Å². The van der Waals surface area contributed by atoms with Crippen LogP contribution in [0, 0.1) is 0 Å². The molecule has 2 N–H and O–H groups in total. The van der Waals surface area contributed by atoms with E-state index in [4.69, 9.17) is 10.5 Å². The lowest BCUT2D eigenvalue weighted by molar-refractivity contribution is 0.315. The van der Waals surface area contributed by atoms with Crippen molar-refractivity contribution in [1.82, 2.24) is 0 Å². The third-order valence-electron chi connectivity index (χ3n) is 3.14. The van der Waals surface area contributed by atoms with E-state index in [0.29, 0.717) is 0 Å². The lowest BCUT2D eigenvalue weighted by Gasteiger charge is -2.14. The zero-order valence-corrected chi connectivity index (χ0v) is 13.3. The molecule has 0 heterocycles. The Kier molecular flexibility index (Phi) is 5.62. The van der Waals surface area contributed by atoms with Crippen LogP contribution >= 0.6 is 15.9 Å². The van der Waals surface area contributed by atoms with E-state index in [-0.39, 0.29) is 6.04 Å². The van der Waals surface area contributed by atoms with Gasteiger partial charge in [-0.3, -0.25) is 0 Å². The van der Waals surface area contributed by atoms with Crippen molar-refractivity contribution < 1.29 is 4.74 Å². The summed E-state index contributed by atoms with van der Waals surface area (Å²) in [5, 5.41) is 0. The molecule has 0 spiro atoms. The summed E-state index contributed by atoms with van der Waals surface area (Å²) in [4.78, 5) is 0. The van der Waals surface area contributed by atoms with Crippen LogP contribution in [0.4, 0.5) is 0 Å². The zero-order chi connectivity index (χ0) is 14.4. The predicted molar refractivity (Wildman–Crippen MR) is 87.0 cm³/mol. The minimum absolute atomic E-state index is 0.00562. The molecule has 106 valence electrons. The van der Waals surface area contributed by atoms with Crippen LogP contribution in [0.3, 0.4) is 0 Å². The minimum atomic E-state index is -0.00562. The monoisotopic (exact) mass is 333 g/mol. The molecule has 0 radical (unpaired) electrons. The zero-order valence-electron chi connectivity index (χ0n) is 11.7. The third kappa shape index (κ3) is 4.09. The molecule has 0 amide bonds. The van der Waals surface area contributed by atoms with Gasteiger partial charge < -0.3 is 10.5 Å². The van der Waals surface area contributed by atoms with E-state index in [1.807, 2.05) is 30.3 Å². The van der Waals surface area contributed by atoms with Crippen molar-refractivity contribution in [2.45, 2.75) is 25.8 Å². The van der Waals surface area contributed by atoms with Crippen molar-refractivity contribution in [3.63, 3.8) is 0 Å². The van der Waals surface area contributed by atoms with Crippen molar-refractivity contribution >= 4 is 15.9 Å². The van der Waals surface area contributed by atoms with Crippen LogP contribution in [-0.4, -0.2) is 6.61 Å². The summed E-state index contributed by atoms with van der Waals surface area (Å²) < 4.78 is 6.62. The highest BCUT2D eigenvalue weighted by molar-refractivity contribution is 9.10. The summed E-state index contributed by atoms with van der Waals surface area (Å²) >= 11 is 3.55. The van der Waals surface area contributed by atoms with Gasteiger partial charge in [0.05, 0.1) is 11.1 Å². The van der Waals surface area contributed by atoms with Crippen LogP contribution in [0.1, 0.15) is 30.5 Å². The Hall–Kier alpha value is -1.32. The summed E-state index contributed by atoms with van der Waals surface area (Å²) in [6.07, 6.45) is 1.84. The van der Waals surface area contributed by atoms with Gasteiger partial charge in [-0.25, -0.2) is 0 Å². The molecule has 0 saturated carbocycles. The van der Waals surface area contributed by atoms with E-state index in [0.717, 1.165) is 35.2 Å². The highest BCUT2D eigenvalue weighted by Gasteiger charge is 2.10. The molecule has 2 aromatic carbocycles. The molecule has 20 heavy (non-hydrogen) atoms. The summed E-state index contributed by atoms with van der Waals surface area (Å²) in [7, 11) is 0. The van der Waals surface area contributed by atoms with E-state index in [1.54, 1.807) is 0 Å². The number of hydrogen-bond donors (Lipinski definition) is 1. The maximum Gasteiger partial charge on any atom is 0.133 e. The van der Waals surface area contributed by atoms with Gasteiger partial charge in [-0.1, -0.05) is 43.3 Å². The molecule has 3 heteroatoms. The number of hydrogen-bond acceptors (Lipinski definition) is 2. The average Bonchev–Trinajstić information content (AvgIpc) is 2.47. The van der Waals surface area contributed by atoms with Crippen LogP contribution in [-0.2, 0) is 6.42 Å². The SMILES string of the molecule is CCCOc1ccc(C(N)Cc2ccccc2)cc1Br. The molecule has 0 fully saturated rings. The second-order valence-corrected chi connectivity index (χ2v) is 5.69. The van der Waals surface area contributed by atoms with Gasteiger partial charge in [-0.05, 0) is 52.0 Å². The molecule has 0 aliphatic heterocycles. The summed E-state index contributed by atoms with van der Waals surface area (Å²) in [5.74, 6) is 0.877. The molecular weight excluding hydrogens is 314 g/mol. The average molecular weight is 334 g/mol. The fraction of sp³-hybridized carbons (Fsp3) is 0.294. The molecule has 0 bridgehead atoms. The minimum Gasteiger partial charge on any atom is -0.492 e. The van der Waals surface area contributed by atoms with Gasteiger partial charge >= 0.3 is 0 Å². The van der Waals surface area contributed by atoms with E-state index in [1.165, 1.54) is 5.56 Å². The first-order valence-corrected chi connectivity index (χ1v) is 7.71. The van der Waals surface area contributed by atoms with Crippen molar-refractivity contribution in [1.29, 1.82) is 0 Å². The van der Waals surface area contributed by atoms with E-state index in [2.05, 4.69) is 41.1 Å². The van der Waals surface area contributed by atoms with Crippen molar-refractivity contribution in [2.24, 2.45) is 5.73 Å². The molecule has 2 rings (SSSR count). The van der Waals surface area contributed by atoms with Crippen molar-refractivity contribution in [2.75, 3.05) is 6.61 Å². The Labute approximate surface area is 129 Å². The molecule has 0 aliphatic rings. The van der Waals surface area contributed by atoms with Crippen LogP contribution in [0.2, 0.25) is 0 Å². The van der Waals surface area contributed by atoms with Crippen LogP contribution in [0.25, 0.3) is 0 Å². The van der Waals surface area contributed by atoms with Gasteiger partial charge in [-0.2, -0.15) is 0 Å². The lowest BCUT2D eigenvalue weighted by Crippen LogP contribution is -2.13. The maximum atomic E-state index is 6.28. The quantitative estimate of drug-likeness (QED) is 0.845. The first-order chi connectivity index (χ1) is 9.70. The number of nitrogens with two attached hydrogens (primary N) is 1. The normalized spacial score (nSPS) is 12.2.